The Morgan fingerprint density at radius 1 is 1.33 bits per heavy atom. The minimum absolute atomic E-state index is 0.170. The van der Waals surface area contributed by atoms with E-state index in [9.17, 15) is 4.39 Å². The van der Waals surface area contributed by atoms with E-state index in [2.05, 4.69) is 14.9 Å². The van der Waals surface area contributed by atoms with Gasteiger partial charge in [-0.3, -0.25) is 0 Å². The molecular formula is C17H22FN3. The summed E-state index contributed by atoms with van der Waals surface area (Å²) < 4.78 is 15.2. The summed E-state index contributed by atoms with van der Waals surface area (Å²) in [5, 5.41) is 3.59. The van der Waals surface area contributed by atoms with Gasteiger partial charge < -0.3 is 9.88 Å². The number of nitrogens with zero attached hydrogens (tertiary/aromatic N) is 2. The number of imidazole rings is 1. The van der Waals surface area contributed by atoms with Gasteiger partial charge in [0.25, 0.3) is 0 Å². The van der Waals surface area contributed by atoms with E-state index in [-0.39, 0.29) is 5.82 Å². The van der Waals surface area contributed by atoms with E-state index >= 15 is 0 Å². The fourth-order valence-corrected chi connectivity index (χ4v) is 2.66. The zero-order valence-electron chi connectivity index (χ0n) is 12.4. The molecule has 1 aromatic heterocycles. The van der Waals surface area contributed by atoms with Crippen LogP contribution in [0.15, 0.2) is 36.7 Å². The van der Waals surface area contributed by atoms with Crippen LogP contribution in [0.25, 0.3) is 0 Å². The van der Waals surface area contributed by atoms with Gasteiger partial charge in [0.15, 0.2) is 0 Å². The van der Waals surface area contributed by atoms with E-state index in [1.54, 1.807) is 12.1 Å². The molecule has 0 radical (unpaired) electrons. The molecule has 1 unspecified atom stereocenters. The number of nitrogens with one attached hydrogen (secondary N) is 1. The highest BCUT2D eigenvalue weighted by Gasteiger charge is 2.22. The second-order valence-electron chi connectivity index (χ2n) is 5.92. The Morgan fingerprint density at radius 2 is 2.10 bits per heavy atom. The highest BCUT2D eigenvalue weighted by atomic mass is 19.1. The Balaban J connectivity index is 1.65. The van der Waals surface area contributed by atoms with E-state index in [0.717, 1.165) is 25.2 Å². The smallest absolute Gasteiger partial charge is 0.123 e. The van der Waals surface area contributed by atoms with Crippen molar-refractivity contribution in [2.45, 2.75) is 37.6 Å². The average molecular weight is 287 g/mol. The molecule has 2 aromatic rings. The summed E-state index contributed by atoms with van der Waals surface area (Å²) >= 11 is 0. The molecule has 1 aliphatic carbocycles. The Kier molecular flexibility index (Phi) is 4.34. The monoisotopic (exact) mass is 287 g/mol. The molecule has 112 valence electrons. The van der Waals surface area contributed by atoms with Gasteiger partial charge in [-0.05, 0) is 42.9 Å². The molecule has 21 heavy (non-hydrogen) atoms. The first-order valence-electron chi connectivity index (χ1n) is 7.67. The molecule has 1 heterocycles. The SMILES string of the molecule is Cn1ccnc1CCC(CNC1CC1)c1ccc(F)cc1. The van der Waals surface area contributed by atoms with Crippen molar-refractivity contribution in [3.05, 3.63) is 53.9 Å². The molecule has 1 fully saturated rings. The number of benzene rings is 1. The minimum atomic E-state index is -0.170. The fraction of sp³-hybridized carbons (Fsp3) is 0.471. The van der Waals surface area contributed by atoms with Crippen molar-refractivity contribution < 1.29 is 4.39 Å². The number of halogens is 1. The van der Waals surface area contributed by atoms with Crippen LogP contribution in [0.3, 0.4) is 0 Å². The first-order chi connectivity index (χ1) is 10.2. The standard InChI is InChI=1S/C17H22FN3/c1-21-11-10-19-17(21)9-4-14(12-20-16-7-8-16)13-2-5-15(18)6-3-13/h2-3,5-6,10-11,14,16,20H,4,7-9,12H2,1H3. The average Bonchev–Trinajstić information content (AvgIpc) is 3.22. The van der Waals surface area contributed by atoms with E-state index in [1.165, 1.54) is 18.4 Å². The zero-order valence-corrected chi connectivity index (χ0v) is 12.4. The Hall–Kier alpha value is -1.68. The van der Waals surface area contributed by atoms with Crippen LogP contribution >= 0.6 is 0 Å². The summed E-state index contributed by atoms with van der Waals surface area (Å²) in [6, 6.07) is 7.63. The van der Waals surface area contributed by atoms with Crippen LogP contribution in [0.2, 0.25) is 0 Å². The molecule has 0 spiro atoms. The van der Waals surface area contributed by atoms with Gasteiger partial charge in [-0.2, -0.15) is 0 Å². The number of aromatic nitrogens is 2. The van der Waals surface area contributed by atoms with E-state index in [4.69, 9.17) is 0 Å². The summed E-state index contributed by atoms with van der Waals surface area (Å²) in [6.45, 7) is 0.959. The molecule has 1 atom stereocenters. The molecule has 3 rings (SSSR count). The summed E-state index contributed by atoms with van der Waals surface area (Å²) in [6.07, 6.45) is 8.36. The molecule has 0 amide bonds. The number of hydrogen-bond acceptors (Lipinski definition) is 2. The third-order valence-corrected chi connectivity index (χ3v) is 4.21. The molecule has 1 aliphatic rings. The highest BCUT2D eigenvalue weighted by Crippen LogP contribution is 2.24. The number of aryl methyl sites for hydroxylation is 2. The van der Waals surface area contributed by atoms with Crippen LogP contribution < -0.4 is 5.32 Å². The Morgan fingerprint density at radius 3 is 2.71 bits per heavy atom. The summed E-state index contributed by atoms with van der Waals surface area (Å²) in [5.74, 6) is 1.34. The summed E-state index contributed by atoms with van der Waals surface area (Å²) in [5.41, 5.74) is 1.21. The third-order valence-electron chi connectivity index (χ3n) is 4.21. The maximum absolute atomic E-state index is 13.1. The van der Waals surface area contributed by atoms with Gasteiger partial charge in [0.05, 0.1) is 0 Å². The number of rotatable bonds is 7. The van der Waals surface area contributed by atoms with Crippen LogP contribution in [-0.2, 0) is 13.5 Å². The summed E-state index contributed by atoms with van der Waals surface area (Å²) in [4.78, 5) is 4.39. The van der Waals surface area contributed by atoms with Crippen LogP contribution in [0, 0.1) is 5.82 Å². The van der Waals surface area contributed by atoms with Crippen molar-refractivity contribution in [2.24, 2.45) is 7.05 Å². The lowest BCUT2D eigenvalue weighted by Crippen LogP contribution is -2.24. The van der Waals surface area contributed by atoms with Crippen LogP contribution in [0.4, 0.5) is 4.39 Å². The van der Waals surface area contributed by atoms with Gasteiger partial charge in [-0.1, -0.05) is 12.1 Å². The predicted octanol–water partition coefficient (Wildman–Crippen LogP) is 3.03. The lowest BCUT2D eigenvalue weighted by molar-refractivity contribution is 0.536. The maximum atomic E-state index is 13.1. The van der Waals surface area contributed by atoms with Crippen molar-refractivity contribution in [3.8, 4) is 0 Å². The van der Waals surface area contributed by atoms with E-state index in [1.807, 2.05) is 31.6 Å². The molecule has 4 heteroatoms. The molecular weight excluding hydrogens is 265 g/mol. The topological polar surface area (TPSA) is 29.9 Å². The predicted molar refractivity (Wildman–Crippen MR) is 81.7 cm³/mol. The van der Waals surface area contributed by atoms with Crippen molar-refractivity contribution >= 4 is 0 Å². The van der Waals surface area contributed by atoms with Gasteiger partial charge >= 0.3 is 0 Å². The lowest BCUT2D eigenvalue weighted by Gasteiger charge is -2.18. The second kappa shape index (κ2) is 6.39. The normalized spacial score (nSPS) is 16.1. The van der Waals surface area contributed by atoms with E-state index < -0.39 is 0 Å². The van der Waals surface area contributed by atoms with E-state index in [0.29, 0.717) is 12.0 Å². The lowest BCUT2D eigenvalue weighted by atomic mass is 9.94. The van der Waals surface area contributed by atoms with Crippen molar-refractivity contribution in [1.29, 1.82) is 0 Å². The summed E-state index contributed by atoms with van der Waals surface area (Å²) in [7, 11) is 2.03. The van der Waals surface area contributed by atoms with Gasteiger partial charge in [0.2, 0.25) is 0 Å². The highest BCUT2D eigenvalue weighted by molar-refractivity contribution is 5.21. The van der Waals surface area contributed by atoms with Gasteiger partial charge in [0.1, 0.15) is 11.6 Å². The molecule has 0 bridgehead atoms. The zero-order chi connectivity index (χ0) is 14.7. The quantitative estimate of drug-likeness (QED) is 0.848. The van der Waals surface area contributed by atoms with Crippen molar-refractivity contribution in [2.75, 3.05) is 6.54 Å². The largest absolute Gasteiger partial charge is 0.338 e. The van der Waals surface area contributed by atoms with Crippen LogP contribution in [0.1, 0.15) is 36.6 Å². The fourth-order valence-electron chi connectivity index (χ4n) is 2.66. The Labute approximate surface area is 125 Å². The molecule has 1 saturated carbocycles. The molecule has 3 nitrogen and oxygen atoms in total. The molecule has 1 aromatic carbocycles. The molecule has 1 N–H and O–H groups in total. The maximum Gasteiger partial charge on any atom is 0.123 e. The van der Waals surface area contributed by atoms with Gasteiger partial charge in [-0.15, -0.1) is 0 Å². The molecule has 0 aliphatic heterocycles. The van der Waals surface area contributed by atoms with Crippen LogP contribution in [-0.4, -0.2) is 22.1 Å². The van der Waals surface area contributed by atoms with Crippen molar-refractivity contribution in [3.63, 3.8) is 0 Å². The second-order valence-corrected chi connectivity index (χ2v) is 5.92. The first-order valence-corrected chi connectivity index (χ1v) is 7.67. The van der Waals surface area contributed by atoms with Gasteiger partial charge in [-0.25, -0.2) is 9.37 Å². The van der Waals surface area contributed by atoms with Crippen molar-refractivity contribution in [1.82, 2.24) is 14.9 Å². The van der Waals surface area contributed by atoms with Gasteiger partial charge in [0, 0.05) is 38.4 Å². The minimum Gasteiger partial charge on any atom is -0.338 e. The number of hydrogen-bond donors (Lipinski definition) is 1. The third kappa shape index (κ3) is 3.91. The van der Waals surface area contributed by atoms with Crippen LogP contribution in [0.5, 0.6) is 0 Å². The molecule has 0 saturated heterocycles. The first kappa shape index (κ1) is 14.3. The Bertz CT molecular complexity index is 572.